The lowest BCUT2D eigenvalue weighted by Gasteiger charge is -2.29. The van der Waals surface area contributed by atoms with Crippen LogP contribution < -0.4 is 10.6 Å². The molecule has 1 aromatic carbocycles. The molecule has 0 spiro atoms. The molecule has 2 N–H and O–H groups in total. The van der Waals surface area contributed by atoms with Gasteiger partial charge in [-0.1, -0.05) is 0 Å². The van der Waals surface area contributed by atoms with Crippen LogP contribution in [0, 0.1) is 12.7 Å². The Morgan fingerprint density at radius 3 is 2.90 bits per heavy atom. The topological polar surface area (TPSA) is 50.4 Å². The summed E-state index contributed by atoms with van der Waals surface area (Å²) in [4.78, 5) is 12.1. The average Bonchev–Trinajstić information content (AvgIpc) is 2.84. The van der Waals surface area contributed by atoms with E-state index in [0.29, 0.717) is 18.7 Å². The van der Waals surface area contributed by atoms with Crippen LogP contribution in [-0.2, 0) is 4.74 Å². The lowest BCUT2D eigenvalue weighted by Crippen LogP contribution is -2.53. The normalized spacial score (nSPS) is 21.9. The van der Waals surface area contributed by atoms with E-state index in [9.17, 15) is 9.18 Å². The third-order valence-corrected chi connectivity index (χ3v) is 3.64. The molecule has 0 saturated carbocycles. The molecule has 1 amide bonds. The molecule has 0 aliphatic carbocycles. The number of carbonyl (C=O) groups is 1. The first-order valence-corrected chi connectivity index (χ1v) is 6.84. The first-order chi connectivity index (χ1) is 9.54. The smallest absolute Gasteiger partial charge is 0.251 e. The predicted octanol–water partition coefficient (Wildman–Crippen LogP) is 1.63. The first kappa shape index (κ1) is 14.9. The van der Waals surface area contributed by atoms with Crippen molar-refractivity contribution in [2.75, 3.05) is 26.8 Å². The van der Waals surface area contributed by atoms with Gasteiger partial charge in [0.1, 0.15) is 5.82 Å². The zero-order chi connectivity index (χ0) is 14.6. The largest absolute Gasteiger partial charge is 0.383 e. The molecule has 1 heterocycles. The summed E-state index contributed by atoms with van der Waals surface area (Å²) in [5, 5.41) is 6.26. The average molecular weight is 280 g/mol. The molecule has 1 aliphatic rings. The van der Waals surface area contributed by atoms with Gasteiger partial charge in [0, 0.05) is 19.2 Å². The highest BCUT2D eigenvalue weighted by molar-refractivity contribution is 5.94. The second kappa shape index (κ2) is 6.33. The SMILES string of the molecule is COCC1(CNC(=O)c2cc(C)cc(F)c2)CCCN1. The van der Waals surface area contributed by atoms with Gasteiger partial charge in [-0.2, -0.15) is 0 Å². The number of aryl methyl sites for hydroxylation is 1. The molecule has 1 unspecified atom stereocenters. The molecule has 0 aromatic heterocycles. The standard InChI is InChI=1S/C15H21FN2O2/c1-11-6-12(8-13(16)7-11)14(19)17-9-15(10-20-2)4-3-5-18-15/h6-8,18H,3-5,9-10H2,1-2H3,(H,17,19). The Balaban J connectivity index is 2.00. The molecule has 1 aliphatic heterocycles. The molecule has 1 saturated heterocycles. The van der Waals surface area contributed by atoms with Crippen molar-refractivity contribution in [2.45, 2.75) is 25.3 Å². The number of nitrogens with one attached hydrogen (secondary N) is 2. The molecule has 110 valence electrons. The number of hydrogen-bond acceptors (Lipinski definition) is 3. The third-order valence-electron chi connectivity index (χ3n) is 3.64. The fraction of sp³-hybridized carbons (Fsp3) is 0.533. The summed E-state index contributed by atoms with van der Waals surface area (Å²) in [6.45, 7) is 3.73. The maximum Gasteiger partial charge on any atom is 0.251 e. The van der Waals surface area contributed by atoms with Crippen molar-refractivity contribution in [1.82, 2.24) is 10.6 Å². The third kappa shape index (κ3) is 3.55. The lowest BCUT2D eigenvalue weighted by molar-refractivity contribution is 0.0891. The molecule has 1 aromatic rings. The summed E-state index contributed by atoms with van der Waals surface area (Å²) in [6.07, 6.45) is 2.03. The van der Waals surface area contributed by atoms with Gasteiger partial charge in [-0.15, -0.1) is 0 Å². The van der Waals surface area contributed by atoms with Crippen molar-refractivity contribution >= 4 is 5.91 Å². The number of carbonyl (C=O) groups excluding carboxylic acids is 1. The molecule has 1 atom stereocenters. The van der Waals surface area contributed by atoms with Crippen LogP contribution in [-0.4, -0.2) is 38.3 Å². The zero-order valence-electron chi connectivity index (χ0n) is 12.0. The van der Waals surface area contributed by atoms with Gasteiger partial charge in [0.25, 0.3) is 5.91 Å². The second-order valence-electron chi connectivity index (χ2n) is 5.44. The van der Waals surface area contributed by atoms with Crippen LogP contribution in [0.25, 0.3) is 0 Å². The zero-order valence-corrected chi connectivity index (χ0v) is 12.0. The van der Waals surface area contributed by atoms with Crippen LogP contribution in [0.5, 0.6) is 0 Å². The summed E-state index contributed by atoms with van der Waals surface area (Å²) < 4.78 is 18.5. The molecule has 2 rings (SSSR count). The van der Waals surface area contributed by atoms with E-state index < -0.39 is 0 Å². The first-order valence-electron chi connectivity index (χ1n) is 6.84. The number of rotatable bonds is 5. The highest BCUT2D eigenvalue weighted by Crippen LogP contribution is 2.19. The van der Waals surface area contributed by atoms with Gasteiger partial charge in [0.05, 0.1) is 12.1 Å². The Hall–Kier alpha value is -1.46. The van der Waals surface area contributed by atoms with Crippen molar-refractivity contribution in [3.8, 4) is 0 Å². The number of amides is 1. The Morgan fingerprint density at radius 2 is 2.30 bits per heavy atom. The molecular formula is C15H21FN2O2. The van der Waals surface area contributed by atoms with Crippen LogP contribution in [0.15, 0.2) is 18.2 Å². The lowest BCUT2D eigenvalue weighted by atomic mass is 9.98. The van der Waals surface area contributed by atoms with Crippen molar-refractivity contribution in [1.29, 1.82) is 0 Å². The molecular weight excluding hydrogens is 259 g/mol. The van der Waals surface area contributed by atoms with E-state index in [1.807, 2.05) is 0 Å². The predicted molar refractivity (Wildman–Crippen MR) is 75.3 cm³/mol. The highest BCUT2D eigenvalue weighted by Gasteiger charge is 2.33. The van der Waals surface area contributed by atoms with Gasteiger partial charge >= 0.3 is 0 Å². The quantitative estimate of drug-likeness (QED) is 0.862. The van der Waals surface area contributed by atoms with Gasteiger partial charge < -0.3 is 15.4 Å². The van der Waals surface area contributed by atoms with E-state index in [2.05, 4.69) is 10.6 Å². The van der Waals surface area contributed by atoms with Crippen LogP contribution in [0.1, 0.15) is 28.8 Å². The molecule has 4 nitrogen and oxygen atoms in total. The Kier molecular flexibility index (Phi) is 4.73. The van der Waals surface area contributed by atoms with E-state index >= 15 is 0 Å². The molecule has 0 radical (unpaired) electrons. The maximum absolute atomic E-state index is 13.3. The number of ether oxygens (including phenoxy) is 1. The summed E-state index contributed by atoms with van der Waals surface area (Å²) in [6, 6.07) is 4.35. The van der Waals surface area contributed by atoms with Crippen molar-refractivity contribution in [3.05, 3.63) is 35.1 Å². The van der Waals surface area contributed by atoms with Crippen LogP contribution in [0.4, 0.5) is 4.39 Å². The number of halogens is 1. The minimum atomic E-state index is -0.388. The van der Waals surface area contributed by atoms with E-state index in [-0.39, 0.29) is 17.3 Å². The van der Waals surface area contributed by atoms with Gasteiger partial charge in [0.15, 0.2) is 0 Å². The van der Waals surface area contributed by atoms with Gasteiger partial charge in [-0.25, -0.2) is 4.39 Å². The number of methoxy groups -OCH3 is 1. The highest BCUT2D eigenvalue weighted by atomic mass is 19.1. The molecule has 0 bridgehead atoms. The minimum Gasteiger partial charge on any atom is -0.383 e. The van der Waals surface area contributed by atoms with E-state index in [1.165, 1.54) is 12.1 Å². The van der Waals surface area contributed by atoms with Gasteiger partial charge in [-0.3, -0.25) is 4.79 Å². The number of hydrogen-bond donors (Lipinski definition) is 2. The van der Waals surface area contributed by atoms with Crippen molar-refractivity contribution in [3.63, 3.8) is 0 Å². The Bertz CT molecular complexity index is 465. The fourth-order valence-corrected chi connectivity index (χ4v) is 2.69. The second-order valence-corrected chi connectivity index (χ2v) is 5.44. The van der Waals surface area contributed by atoms with Crippen molar-refractivity contribution in [2.24, 2.45) is 0 Å². The van der Waals surface area contributed by atoms with Crippen LogP contribution in [0.3, 0.4) is 0 Å². The van der Waals surface area contributed by atoms with E-state index in [4.69, 9.17) is 4.74 Å². The summed E-state index contributed by atoms with van der Waals surface area (Å²) in [7, 11) is 1.65. The molecule has 20 heavy (non-hydrogen) atoms. The van der Waals surface area contributed by atoms with E-state index in [1.54, 1.807) is 20.1 Å². The maximum atomic E-state index is 13.3. The van der Waals surface area contributed by atoms with Crippen LogP contribution in [0.2, 0.25) is 0 Å². The van der Waals surface area contributed by atoms with Crippen LogP contribution >= 0.6 is 0 Å². The fourth-order valence-electron chi connectivity index (χ4n) is 2.69. The monoisotopic (exact) mass is 280 g/mol. The Morgan fingerprint density at radius 1 is 1.50 bits per heavy atom. The summed E-state index contributed by atoms with van der Waals surface area (Å²) >= 11 is 0. The van der Waals surface area contributed by atoms with E-state index in [0.717, 1.165) is 24.9 Å². The molecule has 1 fully saturated rings. The number of benzene rings is 1. The Labute approximate surface area is 118 Å². The summed E-state index contributed by atoms with van der Waals surface area (Å²) in [5.74, 6) is -0.641. The summed E-state index contributed by atoms with van der Waals surface area (Å²) in [5.41, 5.74) is 0.890. The minimum absolute atomic E-state index is 0.202. The molecule has 5 heteroatoms. The van der Waals surface area contributed by atoms with Gasteiger partial charge in [-0.05, 0) is 50.1 Å². The van der Waals surface area contributed by atoms with Gasteiger partial charge in [0.2, 0.25) is 0 Å². The van der Waals surface area contributed by atoms with Crippen molar-refractivity contribution < 1.29 is 13.9 Å².